The Balaban J connectivity index is 1.35. The molecule has 1 saturated carbocycles. The van der Waals surface area contributed by atoms with Crippen molar-refractivity contribution in [2.75, 3.05) is 31.1 Å². The number of hydrogen-bond donors (Lipinski definition) is 0. The molecule has 0 radical (unpaired) electrons. The Morgan fingerprint density at radius 2 is 1.75 bits per heavy atom. The normalized spacial score (nSPS) is 19.0. The summed E-state index contributed by atoms with van der Waals surface area (Å²) in [6, 6.07) is 10.3. The van der Waals surface area contributed by atoms with Crippen LogP contribution in [-0.2, 0) is 17.6 Å². The third-order valence-corrected chi connectivity index (χ3v) is 8.04. The van der Waals surface area contributed by atoms with E-state index in [1.165, 1.54) is 28.7 Å². The SMILES string of the molecule is O=C(C1CC1)N1CCN(c2nc(/C=C/c3ccccc3)nc3sc4c(c23)CCCC4)CC1. The zero-order valence-electron chi connectivity index (χ0n) is 18.3. The molecule has 6 heteroatoms. The van der Waals surface area contributed by atoms with Gasteiger partial charge in [0.15, 0.2) is 5.82 Å². The predicted octanol–water partition coefficient (Wildman–Crippen LogP) is 4.80. The highest BCUT2D eigenvalue weighted by Gasteiger charge is 2.35. The monoisotopic (exact) mass is 444 g/mol. The molecule has 2 aromatic heterocycles. The first kappa shape index (κ1) is 19.9. The number of aromatic nitrogens is 2. The fourth-order valence-corrected chi connectivity index (χ4v) is 6.18. The molecule has 32 heavy (non-hydrogen) atoms. The number of nitrogens with zero attached hydrogens (tertiary/aromatic N) is 4. The molecule has 2 aliphatic carbocycles. The maximum absolute atomic E-state index is 12.5. The number of carbonyl (C=O) groups excluding carboxylic acids is 1. The van der Waals surface area contributed by atoms with Crippen LogP contribution in [0.25, 0.3) is 22.4 Å². The number of amides is 1. The number of hydrogen-bond acceptors (Lipinski definition) is 5. The molecule has 0 atom stereocenters. The molecule has 0 N–H and O–H groups in total. The van der Waals surface area contributed by atoms with Gasteiger partial charge in [-0.3, -0.25) is 4.79 Å². The lowest BCUT2D eigenvalue weighted by Gasteiger charge is -2.36. The number of thiophene rings is 1. The predicted molar refractivity (Wildman–Crippen MR) is 131 cm³/mol. The Morgan fingerprint density at radius 1 is 0.969 bits per heavy atom. The van der Waals surface area contributed by atoms with Crippen molar-refractivity contribution in [2.24, 2.45) is 5.92 Å². The average Bonchev–Trinajstić information content (AvgIpc) is 3.63. The molecule has 1 aliphatic heterocycles. The number of fused-ring (bicyclic) bond motifs is 3. The molecule has 1 aromatic carbocycles. The quantitative estimate of drug-likeness (QED) is 0.580. The molecule has 1 amide bonds. The highest BCUT2D eigenvalue weighted by molar-refractivity contribution is 7.19. The van der Waals surface area contributed by atoms with Gasteiger partial charge in [0.1, 0.15) is 10.6 Å². The van der Waals surface area contributed by atoms with Gasteiger partial charge >= 0.3 is 0 Å². The molecule has 6 rings (SSSR count). The number of anilines is 1. The molecule has 164 valence electrons. The van der Waals surface area contributed by atoms with E-state index in [2.05, 4.69) is 28.0 Å². The van der Waals surface area contributed by atoms with Crippen molar-refractivity contribution >= 4 is 45.4 Å². The summed E-state index contributed by atoms with van der Waals surface area (Å²) in [5, 5.41) is 1.27. The van der Waals surface area contributed by atoms with Gasteiger partial charge in [-0.25, -0.2) is 9.97 Å². The maximum Gasteiger partial charge on any atom is 0.225 e. The third-order valence-electron chi connectivity index (χ3n) is 6.85. The van der Waals surface area contributed by atoms with E-state index in [-0.39, 0.29) is 0 Å². The molecular formula is C26H28N4OS. The first-order valence-corrected chi connectivity index (χ1v) is 12.7. The van der Waals surface area contributed by atoms with Gasteiger partial charge in [-0.15, -0.1) is 11.3 Å². The smallest absolute Gasteiger partial charge is 0.225 e. The molecule has 3 aromatic rings. The number of rotatable bonds is 4. The van der Waals surface area contributed by atoms with Gasteiger partial charge in [0.25, 0.3) is 0 Å². The van der Waals surface area contributed by atoms with E-state index in [0.717, 1.165) is 73.9 Å². The number of carbonyl (C=O) groups is 1. The molecular weight excluding hydrogens is 416 g/mol. The van der Waals surface area contributed by atoms with E-state index in [1.54, 1.807) is 0 Å². The molecule has 0 spiro atoms. The van der Waals surface area contributed by atoms with Gasteiger partial charge in [0, 0.05) is 37.0 Å². The van der Waals surface area contributed by atoms with E-state index < -0.39 is 0 Å². The van der Waals surface area contributed by atoms with Crippen molar-refractivity contribution < 1.29 is 4.79 Å². The van der Waals surface area contributed by atoms with Gasteiger partial charge in [-0.2, -0.15) is 0 Å². The van der Waals surface area contributed by atoms with Crippen LogP contribution in [0.15, 0.2) is 30.3 Å². The van der Waals surface area contributed by atoms with Crippen LogP contribution in [0.5, 0.6) is 0 Å². The molecule has 0 unspecified atom stereocenters. The largest absolute Gasteiger partial charge is 0.352 e. The zero-order valence-corrected chi connectivity index (χ0v) is 19.1. The lowest BCUT2D eigenvalue weighted by molar-refractivity contribution is -0.132. The summed E-state index contributed by atoms with van der Waals surface area (Å²) in [4.78, 5) is 29.6. The van der Waals surface area contributed by atoms with Crippen molar-refractivity contribution in [3.8, 4) is 0 Å². The number of benzene rings is 1. The topological polar surface area (TPSA) is 49.3 Å². The van der Waals surface area contributed by atoms with Gasteiger partial charge in [0.2, 0.25) is 5.91 Å². The highest BCUT2D eigenvalue weighted by Crippen LogP contribution is 2.40. The summed E-state index contributed by atoms with van der Waals surface area (Å²) in [5.74, 6) is 2.50. The van der Waals surface area contributed by atoms with E-state index in [4.69, 9.17) is 9.97 Å². The minimum absolute atomic E-state index is 0.297. The zero-order chi connectivity index (χ0) is 21.5. The van der Waals surface area contributed by atoms with Gasteiger partial charge in [-0.1, -0.05) is 36.4 Å². The van der Waals surface area contributed by atoms with Crippen LogP contribution in [0.3, 0.4) is 0 Å². The van der Waals surface area contributed by atoms with Gasteiger partial charge in [0.05, 0.1) is 5.39 Å². The fraction of sp³-hybridized carbons (Fsp3) is 0.423. The molecule has 3 heterocycles. The Hall–Kier alpha value is -2.73. The average molecular weight is 445 g/mol. The van der Waals surface area contributed by atoms with Crippen LogP contribution in [0.1, 0.15) is 47.5 Å². The second-order valence-electron chi connectivity index (χ2n) is 9.13. The Morgan fingerprint density at radius 3 is 2.53 bits per heavy atom. The minimum Gasteiger partial charge on any atom is -0.352 e. The van der Waals surface area contributed by atoms with E-state index in [0.29, 0.717) is 11.8 Å². The lowest BCUT2D eigenvalue weighted by atomic mass is 9.97. The minimum atomic E-state index is 0.297. The maximum atomic E-state index is 12.5. The summed E-state index contributed by atoms with van der Waals surface area (Å²) >= 11 is 1.86. The molecule has 1 saturated heterocycles. The van der Waals surface area contributed by atoms with Crippen molar-refractivity contribution in [1.82, 2.24) is 14.9 Å². The van der Waals surface area contributed by atoms with Crippen LogP contribution in [0.2, 0.25) is 0 Å². The molecule has 5 nitrogen and oxygen atoms in total. The fourth-order valence-electron chi connectivity index (χ4n) is 4.92. The Bertz CT molecular complexity index is 1170. The van der Waals surface area contributed by atoms with Crippen molar-refractivity contribution in [2.45, 2.75) is 38.5 Å². The molecule has 3 aliphatic rings. The number of piperazine rings is 1. The van der Waals surface area contributed by atoms with Crippen LogP contribution >= 0.6 is 11.3 Å². The third kappa shape index (κ3) is 3.81. The van der Waals surface area contributed by atoms with Gasteiger partial charge in [-0.05, 0) is 55.7 Å². The molecule has 2 fully saturated rings. The summed E-state index contributed by atoms with van der Waals surface area (Å²) in [5.41, 5.74) is 2.62. The summed E-state index contributed by atoms with van der Waals surface area (Å²) < 4.78 is 0. The Kier molecular flexibility index (Phi) is 5.18. The molecule has 0 bridgehead atoms. The van der Waals surface area contributed by atoms with Crippen LogP contribution in [0.4, 0.5) is 5.82 Å². The first-order chi connectivity index (χ1) is 15.8. The van der Waals surface area contributed by atoms with E-state index in [9.17, 15) is 4.79 Å². The van der Waals surface area contributed by atoms with Crippen LogP contribution in [-0.4, -0.2) is 47.0 Å². The number of aryl methyl sites for hydroxylation is 2. The van der Waals surface area contributed by atoms with Crippen molar-refractivity contribution in [1.29, 1.82) is 0 Å². The lowest BCUT2D eigenvalue weighted by Crippen LogP contribution is -2.49. The second-order valence-corrected chi connectivity index (χ2v) is 10.2. The summed E-state index contributed by atoms with van der Waals surface area (Å²) in [7, 11) is 0. The van der Waals surface area contributed by atoms with Crippen LogP contribution in [0, 0.1) is 5.92 Å². The Labute approximate surface area is 192 Å². The highest BCUT2D eigenvalue weighted by atomic mass is 32.1. The van der Waals surface area contributed by atoms with Crippen molar-refractivity contribution in [3.05, 3.63) is 52.2 Å². The van der Waals surface area contributed by atoms with E-state index in [1.807, 2.05) is 35.6 Å². The van der Waals surface area contributed by atoms with E-state index >= 15 is 0 Å². The van der Waals surface area contributed by atoms with Crippen molar-refractivity contribution in [3.63, 3.8) is 0 Å². The summed E-state index contributed by atoms with van der Waals surface area (Å²) in [6.07, 6.45) is 11.1. The standard InChI is InChI=1S/C26H28N4OS/c31-26(19-11-12-19)30-16-14-29(15-17-30)24-23-20-8-4-5-9-21(20)32-25(23)28-22(27-24)13-10-18-6-2-1-3-7-18/h1-3,6-7,10,13,19H,4-5,8-9,11-12,14-17H2/b13-10+. The van der Waals surface area contributed by atoms with Gasteiger partial charge < -0.3 is 9.80 Å². The summed E-state index contributed by atoms with van der Waals surface area (Å²) in [6.45, 7) is 3.28. The first-order valence-electron chi connectivity index (χ1n) is 11.9. The second kappa shape index (κ2) is 8.32. The van der Waals surface area contributed by atoms with Crippen LogP contribution < -0.4 is 4.90 Å².